The summed E-state index contributed by atoms with van der Waals surface area (Å²) < 4.78 is 0. The maximum atomic E-state index is 11.8. The minimum absolute atomic E-state index is 0.0904. The van der Waals surface area contributed by atoms with Crippen molar-refractivity contribution in [2.45, 2.75) is 12.8 Å². The van der Waals surface area contributed by atoms with Crippen molar-refractivity contribution < 1.29 is 9.59 Å². The van der Waals surface area contributed by atoms with Gasteiger partial charge in [0.25, 0.3) is 5.91 Å². The molecule has 0 bridgehead atoms. The molecule has 0 saturated heterocycles. The lowest BCUT2D eigenvalue weighted by Gasteiger charge is -2.07. The number of carbonyl (C=O) groups is 2. The summed E-state index contributed by atoms with van der Waals surface area (Å²) in [5.74, 6) is 5.37. The molecule has 0 atom stereocenters. The SMILES string of the molecule is NNc1ccc(C(=O)NCCNC(=O)C2CC2)cc1. The fourth-order valence-electron chi connectivity index (χ4n) is 1.67. The minimum Gasteiger partial charge on any atom is -0.354 e. The van der Waals surface area contributed by atoms with Crippen molar-refractivity contribution in [2.75, 3.05) is 18.5 Å². The van der Waals surface area contributed by atoms with Crippen molar-refractivity contribution in [2.24, 2.45) is 11.8 Å². The number of hydrazine groups is 1. The molecule has 6 nitrogen and oxygen atoms in total. The van der Waals surface area contributed by atoms with Crippen molar-refractivity contribution in [3.8, 4) is 0 Å². The second kappa shape index (κ2) is 6.19. The lowest BCUT2D eigenvalue weighted by atomic mass is 10.2. The standard InChI is InChI=1S/C13H18N4O2/c14-17-11-5-3-10(4-6-11)13(19)16-8-7-15-12(18)9-1-2-9/h3-6,9,17H,1-2,7-8,14H2,(H,15,18)(H,16,19). The molecule has 5 N–H and O–H groups in total. The van der Waals surface area contributed by atoms with Gasteiger partial charge in [-0.2, -0.15) is 0 Å². The van der Waals surface area contributed by atoms with Crippen molar-refractivity contribution in [3.05, 3.63) is 29.8 Å². The molecular formula is C13H18N4O2. The zero-order valence-electron chi connectivity index (χ0n) is 10.6. The largest absolute Gasteiger partial charge is 0.354 e. The van der Waals surface area contributed by atoms with Gasteiger partial charge >= 0.3 is 0 Å². The minimum atomic E-state index is -0.163. The summed E-state index contributed by atoms with van der Waals surface area (Å²) in [4.78, 5) is 23.1. The normalized spacial score (nSPS) is 13.7. The Balaban J connectivity index is 1.69. The first-order valence-corrected chi connectivity index (χ1v) is 6.33. The van der Waals surface area contributed by atoms with Crippen LogP contribution in [0.5, 0.6) is 0 Å². The Hall–Kier alpha value is -2.08. The molecule has 1 aromatic carbocycles. The Bertz CT molecular complexity index is 454. The van der Waals surface area contributed by atoms with E-state index >= 15 is 0 Å². The van der Waals surface area contributed by atoms with Crippen molar-refractivity contribution in [3.63, 3.8) is 0 Å². The summed E-state index contributed by atoms with van der Waals surface area (Å²) in [5.41, 5.74) is 3.80. The molecule has 2 amide bonds. The van der Waals surface area contributed by atoms with E-state index in [-0.39, 0.29) is 17.7 Å². The van der Waals surface area contributed by atoms with Crippen LogP contribution in [0.1, 0.15) is 23.2 Å². The number of carbonyl (C=O) groups excluding carboxylic acids is 2. The van der Waals surface area contributed by atoms with Crippen molar-refractivity contribution in [1.82, 2.24) is 10.6 Å². The molecule has 0 aromatic heterocycles. The third kappa shape index (κ3) is 3.96. The van der Waals surface area contributed by atoms with Crippen molar-refractivity contribution >= 4 is 17.5 Å². The number of nitrogen functional groups attached to an aromatic ring is 1. The van der Waals surface area contributed by atoms with E-state index in [1.54, 1.807) is 24.3 Å². The topological polar surface area (TPSA) is 96.2 Å². The van der Waals surface area contributed by atoms with Gasteiger partial charge in [0.1, 0.15) is 0 Å². The number of benzene rings is 1. The van der Waals surface area contributed by atoms with E-state index in [4.69, 9.17) is 5.84 Å². The molecule has 0 heterocycles. The third-order valence-corrected chi connectivity index (χ3v) is 2.97. The van der Waals surface area contributed by atoms with E-state index in [0.717, 1.165) is 18.5 Å². The highest BCUT2D eigenvalue weighted by Gasteiger charge is 2.28. The Morgan fingerprint density at radius 2 is 1.74 bits per heavy atom. The van der Waals surface area contributed by atoms with Crippen LogP contribution < -0.4 is 21.9 Å². The predicted octanol–water partition coefficient (Wildman–Crippen LogP) is 0.228. The molecule has 0 aliphatic heterocycles. The highest BCUT2D eigenvalue weighted by atomic mass is 16.2. The van der Waals surface area contributed by atoms with Crippen molar-refractivity contribution in [1.29, 1.82) is 0 Å². The molecule has 1 aliphatic carbocycles. The van der Waals surface area contributed by atoms with E-state index in [2.05, 4.69) is 16.1 Å². The average molecular weight is 262 g/mol. The monoisotopic (exact) mass is 262 g/mol. The number of rotatable bonds is 6. The Morgan fingerprint density at radius 1 is 1.11 bits per heavy atom. The Morgan fingerprint density at radius 3 is 2.32 bits per heavy atom. The number of hydrogen-bond donors (Lipinski definition) is 4. The lowest BCUT2D eigenvalue weighted by Crippen LogP contribution is -2.35. The van der Waals surface area contributed by atoms with Gasteiger partial charge in [-0.1, -0.05) is 0 Å². The third-order valence-electron chi connectivity index (χ3n) is 2.97. The van der Waals surface area contributed by atoms with Gasteiger partial charge in [-0.3, -0.25) is 15.4 Å². The van der Waals surface area contributed by atoms with Crippen LogP contribution in [-0.4, -0.2) is 24.9 Å². The molecular weight excluding hydrogens is 244 g/mol. The summed E-state index contributed by atoms with van der Waals surface area (Å²) in [6.45, 7) is 0.887. The molecule has 0 unspecified atom stereocenters. The van der Waals surface area contributed by atoms with E-state index in [1.807, 2.05) is 0 Å². The highest BCUT2D eigenvalue weighted by molar-refractivity contribution is 5.94. The van der Waals surface area contributed by atoms with Gasteiger partial charge in [-0.15, -0.1) is 0 Å². The zero-order chi connectivity index (χ0) is 13.7. The van der Waals surface area contributed by atoms with Gasteiger partial charge in [0, 0.05) is 30.3 Å². The smallest absolute Gasteiger partial charge is 0.251 e. The summed E-state index contributed by atoms with van der Waals surface area (Å²) in [7, 11) is 0. The number of amides is 2. The first kappa shape index (κ1) is 13.4. The maximum Gasteiger partial charge on any atom is 0.251 e. The van der Waals surface area contributed by atoms with Crippen LogP contribution in [-0.2, 0) is 4.79 Å². The van der Waals surface area contributed by atoms with Gasteiger partial charge in [0.15, 0.2) is 0 Å². The van der Waals surface area contributed by atoms with E-state index < -0.39 is 0 Å². The first-order valence-electron chi connectivity index (χ1n) is 6.33. The van der Waals surface area contributed by atoms with Crippen LogP contribution >= 0.6 is 0 Å². The summed E-state index contributed by atoms with van der Waals surface area (Å²) in [5, 5.41) is 5.54. The quantitative estimate of drug-likeness (QED) is 0.335. The molecule has 0 spiro atoms. The fraction of sp³-hybridized carbons (Fsp3) is 0.385. The molecule has 2 rings (SSSR count). The Labute approximate surface area is 111 Å². The number of nitrogens with two attached hydrogens (primary N) is 1. The molecule has 19 heavy (non-hydrogen) atoms. The average Bonchev–Trinajstić information content (AvgIpc) is 3.27. The second-order valence-electron chi connectivity index (χ2n) is 4.54. The van der Waals surface area contributed by atoms with Gasteiger partial charge in [-0.25, -0.2) is 0 Å². The molecule has 0 radical (unpaired) electrons. The zero-order valence-corrected chi connectivity index (χ0v) is 10.6. The number of nitrogens with one attached hydrogen (secondary N) is 3. The summed E-state index contributed by atoms with van der Waals surface area (Å²) in [6, 6.07) is 6.83. The molecule has 1 saturated carbocycles. The van der Waals surface area contributed by atoms with Gasteiger partial charge in [0.05, 0.1) is 0 Å². The van der Waals surface area contributed by atoms with E-state index in [9.17, 15) is 9.59 Å². The van der Waals surface area contributed by atoms with Crippen LogP contribution in [0.25, 0.3) is 0 Å². The van der Waals surface area contributed by atoms with Crippen LogP contribution in [0.4, 0.5) is 5.69 Å². The van der Waals surface area contributed by atoms with E-state index in [0.29, 0.717) is 18.7 Å². The van der Waals surface area contributed by atoms with Gasteiger partial charge < -0.3 is 16.1 Å². The number of anilines is 1. The van der Waals surface area contributed by atoms with Crippen LogP contribution in [0.3, 0.4) is 0 Å². The lowest BCUT2D eigenvalue weighted by molar-refractivity contribution is -0.122. The van der Waals surface area contributed by atoms with E-state index in [1.165, 1.54) is 0 Å². The van der Waals surface area contributed by atoms with Crippen LogP contribution in [0, 0.1) is 5.92 Å². The molecule has 1 aromatic rings. The molecule has 1 aliphatic rings. The van der Waals surface area contributed by atoms with Gasteiger partial charge in [0.2, 0.25) is 5.91 Å². The molecule has 1 fully saturated rings. The predicted molar refractivity (Wildman–Crippen MR) is 72.3 cm³/mol. The maximum absolute atomic E-state index is 11.8. The first-order chi connectivity index (χ1) is 9.20. The van der Waals surface area contributed by atoms with Crippen LogP contribution in [0.15, 0.2) is 24.3 Å². The summed E-state index contributed by atoms with van der Waals surface area (Å²) in [6.07, 6.45) is 1.97. The van der Waals surface area contributed by atoms with Gasteiger partial charge in [-0.05, 0) is 37.1 Å². The summed E-state index contributed by atoms with van der Waals surface area (Å²) >= 11 is 0. The molecule has 6 heteroatoms. The van der Waals surface area contributed by atoms with Crippen LogP contribution in [0.2, 0.25) is 0 Å². The molecule has 102 valence electrons. The highest BCUT2D eigenvalue weighted by Crippen LogP contribution is 2.28. The Kier molecular flexibility index (Phi) is 4.35. The second-order valence-corrected chi connectivity index (χ2v) is 4.54. The number of hydrogen-bond acceptors (Lipinski definition) is 4. The fourth-order valence-corrected chi connectivity index (χ4v) is 1.67.